The summed E-state index contributed by atoms with van der Waals surface area (Å²) in [6.07, 6.45) is 9.95. The number of hydrogen-bond acceptors (Lipinski definition) is 6. The van der Waals surface area contributed by atoms with Gasteiger partial charge in [0.05, 0.1) is 18.5 Å². The van der Waals surface area contributed by atoms with Gasteiger partial charge in [-0.05, 0) is 112 Å². The van der Waals surface area contributed by atoms with E-state index in [4.69, 9.17) is 4.42 Å². The third-order valence-corrected chi connectivity index (χ3v) is 9.33. The zero-order chi connectivity index (χ0) is 31.7. The van der Waals surface area contributed by atoms with Gasteiger partial charge in [-0.2, -0.15) is 0 Å². The van der Waals surface area contributed by atoms with Crippen molar-refractivity contribution in [1.82, 2.24) is 20.3 Å². The molecule has 8 rings (SSSR count). The smallest absolute Gasteiger partial charge is 0.251 e. The summed E-state index contributed by atoms with van der Waals surface area (Å²) in [5.41, 5.74) is 7.98. The molecule has 7 heteroatoms. The highest BCUT2D eigenvalue weighted by molar-refractivity contribution is 6.08. The summed E-state index contributed by atoms with van der Waals surface area (Å²) >= 11 is 0. The quantitative estimate of drug-likeness (QED) is 0.174. The van der Waals surface area contributed by atoms with E-state index in [2.05, 4.69) is 80.2 Å². The standard InChI is InChI=1S/C40H33N5O2/c1-25-8-9-29(22-37(25)45-40-42-19-16-36(44-40)30-6-4-18-41-23-30)39(46)43-24-38-33(17-20-47-38)28-11-13-32-27(21-28)12-15-34-31-7-3-2-5-26(31)10-14-35(32)34/h2-10,12,14-20,22-23,28H,11,13,21,24H2,1H3,(H,43,46)(H,42,44,45). The number of benzene rings is 4. The number of nitrogens with zero attached hydrogens (tertiary/aromatic N) is 3. The van der Waals surface area contributed by atoms with Gasteiger partial charge in [0.25, 0.3) is 5.91 Å². The number of anilines is 2. The van der Waals surface area contributed by atoms with Gasteiger partial charge in [-0.3, -0.25) is 9.78 Å². The molecule has 1 unspecified atom stereocenters. The second-order valence-corrected chi connectivity index (χ2v) is 12.2. The fraction of sp³-hybridized carbons (Fsp3) is 0.150. The monoisotopic (exact) mass is 615 g/mol. The SMILES string of the molecule is Cc1ccc(C(=O)NCc2occc2C2CCc3c(ccc4c3ccc3ccccc34)C2)cc1Nc1nccc(-c2cccnc2)n1. The Bertz CT molecular complexity index is 2260. The molecule has 7 nitrogen and oxygen atoms in total. The Morgan fingerprint density at radius 2 is 1.83 bits per heavy atom. The van der Waals surface area contributed by atoms with Gasteiger partial charge in [0.15, 0.2) is 0 Å². The van der Waals surface area contributed by atoms with Crippen LogP contribution in [0.15, 0.2) is 120 Å². The molecule has 1 atom stereocenters. The Hall–Kier alpha value is -5.82. The number of furan rings is 1. The highest BCUT2D eigenvalue weighted by Gasteiger charge is 2.25. The van der Waals surface area contributed by atoms with Gasteiger partial charge in [0, 0.05) is 35.4 Å². The number of pyridine rings is 1. The second-order valence-electron chi connectivity index (χ2n) is 12.2. The summed E-state index contributed by atoms with van der Waals surface area (Å²) in [7, 11) is 0. The molecule has 2 N–H and O–H groups in total. The van der Waals surface area contributed by atoms with Gasteiger partial charge in [0.2, 0.25) is 5.95 Å². The molecule has 1 aliphatic carbocycles. The number of carbonyl (C=O) groups excluding carboxylic acids is 1. The Morgan fingerprint density at radius 3 is 2.74 bits per heavy atom. The van der Waals surface area contributed by atoms with Gasteiger partial charge < -0.3 is 15.1 Å². The van der Waals surface area contributed by atoms with E-state index in [1.807, 2.05) is 43.3 Å². The molecule has 0 saturated heterocycles. The number of rotatable bonds is 7. The summed E-state index contributed by atoms with van der Waals surface area (Å²) in [5, 5.41) is 11.6. The zero-order valence-corrected chi connectivity index (χ0v) is 26.0. The first-order chi connectivity index (χ1) is 23.1. The summed E-state index contributed by atoms with van der Waals surface area (Å²) in [6.45, 7) is 2.30. The van der Waals surface area contributed by atoms with Crippen molar-refractivity contribution in [2.45, 2.75) is 38.6 Å². The Kier molecular flexibility index (Phi) is 7.42. The zero-order valence-electron chi connectivity index (χ0n) is 26.0. The van der Waals surface area contributed by atoms with Crippen molar-refractivity contribution in [1.29, 1.82) is 0 Å². The molecule has 0 spiro atoms. The highest BCUT2D eigenvalue weighted by atomic mass is 16.3. The van der Waals surface area contributed by atoms with E-state index in [0.717, 1.165) is 47.5 Å². The van der Waals surface area contributed by atoms with Crippen LogP contribution in [0.1, 0.15) is 50.7 Å². The fourth-order valence-electron chi connectivity index (χ4n) is 6.87. The van der Waals surface area contributed by atoms with Crippen LogP contribution >= 0.6 is 0 Å². The number of hydrogen-bond donors (Lipinski definition) is 2. The van der Waals surface area contributed by atoms with E-state index < -0.39 is 0 Å². The van der Waals surface area contributed by atoms with E-state index in [1.165, 1.54) is 38.2 Å². The maximum Gasteiger partial charge on any atom is 0.251 e. The molecular formula is C40H33N5O2. The Morgan fingerprint density at radius 1 is 0.915 bits per heavy atom. The summed E-state index contributed by atoms with van der Waals surface area (Å²) in [6, 6.07) is 31.0. The molecule has 230 valence electrons. The molecule has 0 fully saturated rings. The van der Waals surface area contributed by atoms with Crippen molar-refractivity contribution in [3.8, 4) is 11.3 Å². The van der Waals surface area contributed by atoms with Crippen LogP contribution in [-0.2, 0) is 19.4 Å². The van der Waals surface area contributed by atoms with E-state index >= 15 is 0 Å². The molecule has 0 radical (unpaired) electrons. The maximum atomic E-state index is 13.3. The lowest BCUT2D eigenvalue weighted by molar-refractivity contribution is 0.0948. The Labute approximate surface area is 272 Å². The second kappa shape index (κ2) is 12.2. The largest absolute Gasteiger partial charge is 0.467 e. The van der Waals surface area contributed by atoms with E-state index in [-0.39, 0.29) is 5.91 Å². The molecule has 1 amide bonds. The van der Waals surface area contributed by atoms with Crippen molar-refractivity contribution >= 4 is 39.1 Å². The number of fused-ring (bicyclic) bond motifs is 5. The minimum Gasteiger partial charge on any atom is -0.467 e. The van der Waals surface area contributed by atoms with Gasteiger partial charge in [-0.1, -0.05) is 54.6 Å². The van der Waals surface area contributed by atoms with Crippen LogP contribution in [0.2, 0.25) is 0 Å². The molecule has 4 aromatic carbocycles. The van der Waals surface area contributed by atoms with Gasteiger partial charge in [0.1, 0.15) is 5.76 Å². The van der Waals surface area contributed by atoms with Crippen LogP contribution in [-0.4, -0.2) is 20.9 Å². The fourth-order valence-corrected chi connectivity index (χ4v) is 6.87. The predicted molar refractivity (Wildman–Crippen MR) is 186 cm³/mol. The molecule has 3 heterocycles. The average molecular weight is 616 g/mol. The van der Waals surface area contributed by atoms with E-state index in [9.17, 15) is 4.79 Å². The highest BCUT2D eigenvalue weighted by Crippen LogP contribution is 2.39. The number of aromatic nitrogens is 3. The first-order valence-electron chi connectivity index (χ1n) is 16.0. The van der Waals surface area contributed by atoms with Crippen LogP contribution in [0.4, 0.5) is 11.6 Å². The summed E-state index contributed by atoms with van der Waals surface area (Å²) < 4.78 is 5.93. The summed E-state index contributed by atoms with van der Waals surface area (Å²) in [5.74, 6) is 1.42. The molecule has 0 aliphatic heterocycles. The minimum absolute atomic E-state index is 0.173. The lowest BCUT2D eigenvalue weighted by Gasteiger charge is -2.26. The first kappa shape index (κ1) is 28.6. The number of aryl methyl sites for hydroxylation is 2. The number of carbonyl (C=O) groups is 1. The molecule has 0 bridgehead atoms. The lowest BCUT2D eigenvalue weighted by Crippen LogP contribution is -2.24. The molecule has 7 aromatic rings. The molecule has 3 aromatic heterocycles. The first-order valence-corrected chi connectivity index (χ1v) is 16.0. The van der Waals surface area contributed by atoms with Crippen molar-refractivity contribution < 1.29 is 9.21 Å². The van der Waals surface area contributed by atoms with Gasteiger partial charge >= 0.3 is 0 Å². The third-order valence-electron chi connectivity index (χ3n) is 9.33. The van der Waals surface area contributed by atoms with E-state index in [0.29, 0.717) is 24.0 Å². The summed E-state index contributed by atoms with van der Waals surface area (Å²) in [4.78, 5) is 26.6. The van der Waals surface area contributed by atoms with Crippen LogP contribution in [0.3, 0.4) is 0 Å². The van der Waals surface area contributed by atoms with Crippen LogP contribution in [0.25, 0.3) is 32.8 Å². The van der Waals surface area contributed by atoms with Crippen LogP contribution in [0.5, 0.6) is 0 Å². The molecule has 1 aliphatic rings. The average Bonchev–Trinajstić information content (AvgIpc) is 3.60. The third kappa shape index (κ3) is 5.61. The van der Waals surface area contributed by atoms with E-state index in [1.54, 1.807) is 24.9 Å². The van der Waals surface area contributed by atoms with Crippen molar-refractivity contribution in [2.75, 3.05) is 5.32 Å². The molecular weight excluding hydrogens is 582 g/mol. The predicted octanol–water partition coefficient (Wildman–Crippen LogP) is 8.69. The van der Waals surface area contributed by atoms with Crippen molar-refractivity contribution in [3.05, 3.63) is 149 Å². The van der Waals surface area contributed by atoms with Crippen LogP contribution < -0.4 is 10.6 Å². The number of amides is 1. The van der Waals surface area contributed by atoms with Gasteiger partial charge in [-0.25, -0.2) is 9.97 Å². The molecule has 0 saturated carbocycles. The van der Waals surface area contributed by atoms with Crippen molar-refractivity contribution in [3.63, 3.8) is 0 Å². The Balaban J connectivity index is 0.962. The number of nitrogens with one attached hydrogen (secondary N) is 2. The lowest BCUT2D eigenvalue weighted by atomic mass is 9.78. The van der Waals surface area contributed by atoms with Crippen LogP contribution in [0, 0.1) is 6.92 Å². The topological polar surface area (TPSA) is 92.9 Å². The maximum absolute atomic E-state index is 13.3. The minimum atomic E-state index is -0.173. The molecule has 47 heavy (non-hydrogen) atoms. The van der Waals surface area contributed by atoms with Crippen molar-refractivity contribution in [2.24, 2.45) is 0 Å². The van der Waals surface area contributed by atoms with Gasteiger partial charge in [-0.15, -0.1) is 0 Å². The normalized spacial score (nSPS) is 14.2.